The van der Waals surface area contributed by atoms with Crippen LogP contribution in [0.25, 0.3) is 0 Å². The Kier molecular flexibility index (Phi) is 54.2. The van der Waals surface area contributed by atoms with Crippen molar-refractivity contribution in [1.82, 2.24) is 57.3 Å². The van der Waals surface area contributed by atoms with Gasteiger partial charge in [-0.15, -0.1) is 41.0 Å². The van der Waals surface area contributed by atoms with Gasteiger partial charge in [0.05, 0.1) is 153 Å². The molecular weight excluding hydrogens is 2080 g/mol. The number of nitrogens with zero attached hydrogens (tertiary/aromatic N) is 18. The predicted octanol–water partition coefficient (Wildman–Crippen LogP) is -1.31. The van der Waals surface area contributed by atoms with Gasteiger partial charge in [0.1, 0.15) is 34.9 Å². The van der Waals surface area contributed by atoms with Crippen molar-refractivity contribution in [2.24, 2.45) is 72.2 Å². The van der Waals surface area contributed by atoms with E-state index in [1.165, 1.54) is 0 Å². The molecule has 148 heavy (non-hydrogen) atoms. The van der Waals surface area contributed by atoms with E-state index in [9.17, 15) is 0 Å². The summed E-state index contributed by atoms with van der Waals surface area (Å²) in [5.74, 6) is 4.85. The average Bonchev–Trinajstić information content (AvgIpc) is 0.924. The fourth-order valence-electron chi connectivity index (χ4n) is 13.3. The van der Waals surface area contributed by atoms with E-state index in [2.05, 4.69) is 175 Å². The van der Waals surface area contributed by atoms with Crippen molar-refractivity contribution in [3.63, 3.8) is 0 Å². The summed E-state index contributed by atoms with van der Waals surface area (Å²) in [6, 6.07) is 85.5. The molecule has 782 valence electrons. The molecule has 6 atom stereocenters. The maximum absolute atomic E-state index is 8.49. The summed E-state index contributed by atoms with van der Waals surface area (Å²) in [4.78, 5) is 54.7. The van der Waals surface area contributed by atoms with Gasteiger partial charge >= 0.3 is 34.1 Å². The molecule has 0 aliphatic carbocycles. The molecule has 6 heterocycles. The third-order valence-electron chi connectivity index (χ3n) is 20.8. The number of hydrogen-bond acceptors (Lipinski definition) is 34. The van der Waals surface area contributed by atoms with E-state index in [0.29, 0.717) is 79.3 Å². The van der Waals surface area contributed by atoms with Crippen LogP contribution in [0.5, 0.6) is 0 Å². The SMILES string of the molecule is Cn1ccnc1C=N[C@@H](COCc1ccc(COC[C@H](N=Cc2nccn2C)c2ccccc2)cc1)c1ccccc1.Cn1ccnc1C=N[C@@H](COCc1ccc(COC[C@H](N=Cc2nccn2C)c2ccccc2)cc1)c1ccccc1.Cn1ccnc1C=N[C@@H](COCc1ccc(COC[C@H](N=Cc2nccn2C)c2ccccc2)cc1)c1ccccc1.[Fe+2].[Fe+2].[O-][Cl+3]([O-])([O-])[O-].[O-][Cl+3]([O-])([O-])[O-].[O-][Cl+3]([O-])([O-])[O-].[O-][Cl+3]([O-])([O-])[O-]. The molecule has 40 nitrogen and oxygen atoms in total. The molecule has 0 unspecified atom stereocenters. The minimum absolute atomic E-state index is 0. The Morgan fingerprint density at radius 1 is 0.209 bits per heavy atom. The zero-order chi connectivity index (χ0) is 105. The summed E-state index contributed by atoms with van der Waals surface area (Å²) in [5, 5.41) is 0. The van der Waals surface area contributed by atoms with E-state index >= 15 is 0 Å². The van der Waals surface area contributed by atoms with E-state index in [1.807, 2.05) is 253 Å². The Labute approximate surface area is 885 Å². The van der Waals surface area contributed by atoms with Crippen LogP contribution in [0.3, 0.4) is 0 Å². The molecule has 0 amide bonds. The predicted molar refractivity (Wildman–Crippen MR) is 497 cm³/mol. The number of aliphatic imine (C=N–C) groups is 6. The van der Waals surface area contributed by atoms with E-state index < -0.39 is 41.0 Å². The van der Waals surface area contributed by atoms with Crippen LogP contribution in [-0.2, 0) is 144 Å². The van der Waals surface area contributed by atoms with Gasteiger partial charge in [-0.25, -0.2) is 104 Å². The van der Waals surface area contributed by atoms with Crippen molar-refractivity contribution >= 4 is 37.3 Å². The monoisotopic (exact) mass is 2190 g/mol. The number of rotatable bonds is 42. The first-order valence-electron chi connectivity index (χ1n) is 44.5. The fourth-order valence-corrected chi connectivity index (χ4v) is 13.3. The summed E-state index contributed by atoms with van der Waals surface area (Å²) in [7, 11) is -8.05. The molecule has 15 rings (SSSR count). The zero-order valence-corrected chi connectivity index (χ0v) is 86.1. The van der Waals surface area contributed by atoms with Gasteiger partial charge in [-0.1, -0.05) is 255 Å². The Hall–Kier alpha value is -12.4. The Morgan fingerprint density at radius 3 is 0.426 bits per heavy atom. The molecule has 6 aromatic heterocycles. The summed E-state index contributed by atoms with van der Waals surface area (Å²) < 4.78 is 184. The van der Waals surface area contributed by atoms with Gasteiger partial charge in [-0.05, 0) is 66.8 Å². The van der Waals surface area contributed by atoms with E-state index in [0.717, 1.165) is 102 Å². The van der Waals surface area contributed by atoms with Crippen LogP contribution < -0.4 is 74.5 Å². The van der Waals surface area contributed by atoms with Gasteiger partial charge in [0, 0.05) is 117 Å². The second-order valence-electron chi connectivity index (χ2n) is 31.7. The molecule has 0 saturated heterocycles. The summed E-state index contributed by atoms with van der Waals surface area (Å²) in [6.45, 7) is 5.81. The first-order chi connectivity index (χ1) is 70.0. The number of benzene rings is 9. The number of halogens is 4. The maximum Gasteiger partial charge on any atom is 2.00 e. The van der Waals surface area contributed by atoms with Gasteiger partial charge in [0.15, 0.2) is 0 Å². The normalized spacial score (nSPS) is 12.9. The maximum atomic E-state index is 8.49. The van der Waals surface area contributed by atoms with Crippen molar-refractivity contribution in [2.75, 3.05) is 39.6 Å². The standard InChI is InChI=1S/3C34H36N6O2.4ClHO4.2Fe/c3*1-39-19-17-35-33(39)21-37-31(29-9-5-3-6-10-29)25-41-23-27-13-15-28(16-14-27)24-42-26-32(30-11-7-4-8-12-30)38-22-34-36-18-20-40(34)2;4*2-1(3,4)5;;/h3*3-22,31-32H,23-26H2,1-2H3;4*(H,2,3,4,5);;/q;;;;;;;2*+2/p-4/t3*31-,32-;;;;;;/m000....../s1. The van der Waals surface area contributed by atoms with E-state index in [1.54, 1.807) is 37.2 Å². The minimum Gasteiger partial charge on any atom is -0.374 e. The first kappa shape index (κ1) is 123. The topological polar surface area (TPSA) is 605 Å². The molecule has 0 fully saturated rings. The van der Waals surface area contributed by atoms with Crippen molar-refractivity contribution in [1.29, 1.82) is 0 Å². The molecule has 0 N–H and O–H groups in total. The molecule has 15 aromatic rings. The first-order valence-corrected chi connectivity index (χ1v) is 49.4. The molecular formula is C102H108Cl4Fe2N18O22. The van der Waals surface area contributed by atoms with Gasteiger partial charge in [0.2, 0.25) is 0 Å². The molecule has 0 spiro atoms. The van der Waals surface area contributed by atoms with Crippen LogP contribution in [0, 0.1) is 41.0 Å². The fraction of sp³-hybridized carbons (Fsp3) is 0.235. The smallest absolute Gasteiger partial charge is 0.374 e. The van der Waals surface area contributed by atoms with Crippen LogP contribution >= 0.6 is 0 Å². The quantitative estimate of drug-likeness (QED) is 0.0317. The van der Waals surface area contributed by atoms with Crippen LogP contribution in [0.2, 0.25) is 0 Å². The molecule has 0 aliphatic rings. The Bertz CT molecular complexity index is 5350. The van der Waals surface area contributed by atoms with Crippen LogP contribution in [0.1, 0.15) is 138 Å². The van der Waals surface area contributed by atoms with Gasteiger partial charge in [-0.3, -0.25) is 30.0 Å². The zero-order valence-electron chi connectivity index (χ0n) is 80.8. The Morgan fingerprint density at radius 2 is 0.324 bits per heavy atom. The summed E-state index contributed by atoms with van der Waals surface area (Å²) in [5.41, 5.74) is 13.2. The summed E-state index contributed by atoms with van der Waals surface area (Å²) >= 11 is 0. The van der Waals surface area contributed by atoms with Gasteiger partial charge < -0.3 is 55.8 Å². The van der Waals surface area contributed by atoms with Crippen molar-refractivity contribution in [3.05, 3.63) is 431 Å². The molecule has 0 bridgehead atoms. The van der Waals surface area contributed by atoms with Crippen LogP contribution in [0.4, 0.5) is 0 Å². The van der Waals surface area contributed by atoms with Crippen molar-refractivity contribution < 1.29 is 178 Å². The molecule has 0 radical (unpaired) electrons. The number of imidazole rings is 6. The third-order valence-corrected chi connectivity index (χ3v) is 20.8. The molecule has 46 heteroatoms. The van der Waals surface area contributed by atoms with Crippen molar-refractivity contribution in [3.8, 4) is 0 Å². The largest absolute Gasteiger partial charge is 2.00 e. The number of hydrogen-bond donors (Lipinski definition) is 0. The summed E-state index contributed by atoms with van der Waals surface area (Å²) in [6.07, 6.45) is 32.9. The van der Waals surface area contributed by atoms with E-state index in [-0.39, 0.29) is 70.4 Å². The Balaban J connectivity index is 0.000000272. The molecule has 0 aliphatic heterocycles. The second-order valence-corrected chi connectivity index (χ2v) is 34.7. The van der Waals surface area contributed by atoms with Crippen LogP contribution in [-0.4, -0.2) is 134 Å². The van der Waals surface area contributed by atoms with Gasteiger partial charge in [0.25, 0.3) is 0 Å². The number of aryl methyl sites for hydroxylation is 6. The minimum atomic E-state index is -4.94. The van der Waals surface area contributed by atoms with Gasteiger partial charge in [-0.2, -0.15) is 0 Å². The second kappa shape index (κ2) is 65.4. The molecule has 0 saturated carbocycles. The van der Waals surface area contributed by atoms with Crippen molar-refractivity contribution in [2.45, 2.75) is 75.9 Å². The average molecular weight is 2190 g/mol. The van der Waals surface area contributed by atoms with Crippen LogP contribution in [0.15, 0.2) is 359 Å². The molecule has 9 aromatic carbocycles. The number of aromatic nitrogens is 12. The van der Waals surface area contributed by atoms with E-state index in [4.69, 9.17) is 133 Å². The number of ether oxygens (including phenoxy) is 6. The third kappa shape index (κ3) is 50.5.